The van der Waals surface area contributed by atoms with Gasteiger partial charge in [-0.25, -0.2) is 13.2 Å². The molecule has 0 heterocycles. The number of carboxylic acid groups (broad SMARTS) is 1. The summed E-state index contributed by atoms with van der Waals surface area (Å²) in [5.74, 6) is -1.19. The molecule has 0 aliphatic heterocycles. The topological polar surface area (TPSA) is 110 Å². The van der Waals surface area contributed by atoms with E-state index in [1.165, 1.54) is 12.1 Å². The van der Waals surface area contributed by atoms with Crippen LogP contribution in [0.4, 0.5) is 5.69 Å². The molecule has 0 unspecified atom stereocenters. The van der Waals surface area contributed by atoms with E-state index in [-0.39, 0.29) is 21.7 Å². The number of rotatable bonds is 5. The molecule has 0 bridgehead atoms. The van der Waals surface area contributed by atoms with E-state index in [1.54, 1.807) is 24.3 Å². The van der Waals surface area contributed by atoms with Crippen molar-refractivity contribution < 1.29 is 27.9 Å². The molecule has 27 heavy (non-hydrogen) atoms. The Kier molecular flexibility index (Phi) is 5.60. The highest BCUT2D eigenvalue weighted by atomic mass is 32.2. The average molecular weight is 391 g/mol. The lowest BCUT2D eigenvalue weighted by Gasteiger charge is -2.21. The zero-order chi connectivity index (χ0) is 20.4. The van der Waals surface area contributed by atoms with Gasteiger partial charge in [0.1, 0.15) is 11.4 Å². The fraction of sp³-hybridized carbons (Fsp3) is 0.263. The van der Waals surface area contributed by atoms with Crippen molar-refractivity contribution in [2.75, 3.05) is 11.6 Å². The van der Waals surface area contributed by atoms with Gasteiger partial charge in [-0.05, 0) is 63.2 Å². The lowest BCUT2D eigenvalue weighted by Crippen LogP contribution is -2.23. The first-order valence-electron chi connectivity index (χ1n) is 8.04. The second-order valence-electron chi connectivity index (χ2n) is 7.02. The van der Waals surface area contributed by atoms with Crippen molar-refractivity contribution in [3.05, 3.63) is 53.6 Å². The third kappa shape index (κ3) is 5.82. The van der Waals surface area contributed by atoms with Gasteiger partial charge in [-0.1, -0.05) is 0 Å². The van der Waals surface area contributed by atoms with E-state index in [2.05, 4.69) is 5.32 Å². The third-order valence-electron chi connectivity index (χ3n) is 3.38. The van der Waals surface area contributed by atoms with E-state index in [0.29, 0.717) is 11.3 Å². The number of amides is 1. The highest BCUT2D eigenvalue weighted by Crippen LogP contribution is 2.22. The average Bonchev–Trinajstić information content (AvgIpc) is 2.52. The zero-order valence-corrected chi connectivity index (χ0v) is 16.3. The fourth-order valence-electron chi connectivity index (χ4n) is 2.24. The molecule has 1 amide bonds. The first-order valence-corrected chi connectivity index (χ1v) is 9.93. The zero-order valence-electron chi connectivity index (χ0n) is 15.4. The second-order valence-corrected chi connectivity index (χ2v) is 9.03. The van der Waals surface area contributed by atoms with Gasteiger partial charge in [-0.15, -0.1) is 0 Å². The molecule has 0 fully saturated rings. The smallest absolute Gasteiger partial charge is 0.335 e. The van der Waals surface area contributed by atoms with Crippen LogP contribution in [-0.4, -0.2) is 37.3 Å². The van der Waals surface area contributed by atoms with E-state index in [1.807, 2.05) is 20.8 Å². The van der Waals surface area contributed by atoms with Crippen LogP contribution in [0.25, 0.3) is 0 Å². The Bertz CT molecular complexity index is 972. The molecule has 8 heteroatoms. The summed E-state index contributed by atoms with van der Waals surface area (Å²) in [5.41, 5.74) is -0.210. The SMILES string of the molecule is CC(C)(C)Oc1ccc(C(=O)Nc2cc(C(=O)O)cc(S(C)(=O)=O)c2)cc1. The van der Waals surface area contributed by atoms with Crippen molar-refractivity contribution in [3.63, 3.8) is 0 Å². The number of sulfone groups is 1. The van der Waals surface area contributed by atoms with Crippen molar-refractivity contribution >= 4 is 27.4 Å². The van der Waals surface area contributed by atoms with Crippen LogP contribution < -0.4 is 10.1 Å². The molecule has 0 aliphatic rings. The Morgan fingerprint density at radius 1 is 1.00 bits per heavy atom. The molecule has 2 rings (SSSR count). The second kappa shape index (κ2) is 7.40. The van der Waals surface area contributed by atoms with Crippen molar-refractivity contribution in [1.29, 1.82) is 0 Å². The molecule has 0 aromatic heterocycles. The molecular formula is C19H21NO6S. The molecular weight excluding hydrogens is 370 g/mol. The lowest BCUT2D eigenvalue weighted by molar-refractivity contribution is 0.0696. The molecule has 144 valence electrons. The molecule has 2 N–H and O–H groups in total. The predicted octanol–water partition coefficient (Wildman–Crippen LogP) is 3.22. The third-order valence-corrected chi connectivity index (χ3v) is 4.47. The fourth-order valence-corrected chi connectivity index (χ4v) is 2.92. The van der Waals surface area contributed by atoms with Gasteiger partial charge in [0.05, 0.1) is 10.5 Å². The van der Waals surface area contributed by atoms with E-state index in [9.17, 15) is 18.0 Å². The minimum absolute atomic E-state index is 0.0790. The van der Waals surface area contributed by atoms with E-state index < -0.39 is 21.7 Å². The van der Waals surface area contributed by atoms with Crippen molar-refractivity contribution in [3.8, 4) is 5.75 Å². The Labute approximate surface area is 157 Å². The van der Waals surface area contributed by atoms with Crippen molar-refractivity contribution in [2.45, 2.75) is 31.3 Å². The maximum Gasteiger partial charge on any atom is 0.335 e. The molecule has 0 radical (unpaired) electrons. The highest BCUT2D eigenvalue weighted by molar-refractivity contribution is 7.90. The Morgan fingerprint density at radius 3 is 2.07 bits per heavy atom. The van der Waals surface area contributed by atoms with Crippen molar-refractivity contribution in [1.82, 2.24) is 0 Å². The number of ether oxygens (including phenoxy) is 1. The van der Waals surface area contributed by atoms with Gasteiger partial charge in [0.2, 0.25) is 0 Å². The minimum atomic E-state index is -3.64. The Balaban J connectivity index is 2.27. The molecule has 0 aliphatic carbocycles. The van der Waals surface area contributed by atoms with Gasteiger partial charge in [-0.2, -0.15) is 0 Å². The first-order chi connectivity index (χ1) is 12.3. The summed E-state index contributed by atoms with van der Waals surface area (Å²) in [5, 5.41) is 11.7. The van der Waals surface area contributed by atoms with Crippen LogP contribution in [0, 0.1) is 0 Å². The summed E-state index contributed by atoms with van der Waals surface area (Å²) in [4.78, 5) is 23.4. The number of hydrogen-bond donors (Lipinski definition) is 2. The van der Waals surface area contributed by atoms with Crippen LogP contribution in [0.1, 0.15) is 41.5 Å². The van der Waals surface area contributed by atoms with Crippen LogP contribution in [0.3, 0.4) is 0 Å². The normalized spacial score (nSPS) is 11.7. The molecule has 2 aromatic carbocycles. The Morgan fingerprint density at radius 2 is 1.59 bits per heavy atom. The standard InChI is InChI=1S/C19H21NO6S/c1-19(2,3)26-15-7-5-12(6-8-15)17(21)20-14-9-13(18(22)23)10-16(11-14)27(4,24)25/h5-11H,1-4H3,(H,20,21)(H,22,23). The van der Waals surface area contributed by atoms with E-state index in [0.717, 1.165) is 12.3 Å². The van der Waals surface area contributed by atoms with Gasteiger partial charge in [0.15, 0.2) is 9.84 Å². The maximum absolute atomic E-state index is 12.4. The summed E-state index contributed by atoms with van der Waals surface area (Å²) in [6, 6.07) is 9.89. The minimum Gasteiger partial charge on any atom is -0.488 e. The van der Waals surface area contributed by atoms with Gasteiger partial charge in [0.25, 0.3) is 5.91 Å². The predicted molar refractivity (Wildman–Crippen MR) is 101 cm³/mol. The summed E-state index contributed by atoms with van der Waals surface area (Å²) in [6.07, 6.45) is 0.966. The number of benzene rings is 2. The summed E-state index contributed by atoms with van der Waals surface area (Å²) >= 11 is 0. The van der Waals surface area contributed by atoms with Gasteiger partial charge in [-0.3, -0.25) is 4.79 Å². The number of nitrogens with one attached hydrogen (secondary N) is 1. The molecule has 7 nitrogen and oxygen atoms in total. The van der Waals surface area contributed by atoms with Crippen LogP contribution in [-0.2, 0) is 9.84 Å². The van der Waals surface area contributed by atoms with Crippen LogP contribution >= 0.6 is 0 Å². The van der Waals surface area contributed by atoms with Crippen molar-refractivity contribution in [2.24, 2.45) is 0 Å². The van der Waals surface area contributed by atoms with Crippen LogP contribution in [0.15, 0.2) is 47.4 Å². The van der Waals surface area contributed by atoms with E-state index >= 15 is 0 Å². The molecule has 0 spiro atoms. The van der Waals surface area contributed by atoms with Gasteiger partial charge in [0, 0.05) is 17.5 Å². The largest absolute Gasteiger partial charge is 0.488 e. The number of anilines is 1. The van der Waals surface area contributed by atoms with E-state index in [4.69, 9.17) is 9.84 Å². The number of carbonyl (C=O) groups excluding carboxylic acids is 1. The molecule has 0 saturated heterocycles. The first kappa shape index (κ1) is 20.4. The Hall–Kier alpha value is -2.87. The number of carbonyl (C=O) groups is 2. The number of aromatic carboxylic acids is 1. The van der Waals surface area contributed by atoms with Crippen LogP contribution in [0.5, 0.6) is 5.75 Å². The summed E-state index contributed by atoms with van der Waals surface area (Å²) in [6.45, 7) is 5.72. The number of carboxylic acids is 1. The van der Waals surface area contributed by atoms with Gasteiger partial charge < -0.3 is 15.2 Å². The summed E-state index contributed by atoms with van der Waals surface area (Å²) < 4.78 is 29.2. The molecule has 2 aromatic rings. The summed E-state index contributed by atoms with van der Waals surface area (Å²) in [7, 11) is -3.64. The van der Waals surface area contributed by atoms with Gasteiger partial charge >= 0.3 is 5.97 Å². The van der Waals surface area contributed by atoms with Crippen LogP contribution in [0.2, 0.25) is 0 Å². The monoisotopic (exact) mass is 391 g/mol. The number of hydrogen-bond acceptors (Lipinski definition) is 5. The molecule has 0 saturated carbocycles. The lowest BCUT2D eigenvalue weighted by atomic mass is 10.1. The highest BCUT2D eigenvalue weighted by Gasteiger charge is 2.16. The quantitative estimate of drug-likeness (QED) is 0.810. The molecule has 0 atom stereocenters. The maximum atomic E-state index is 12.4.